The van der Waals surface area contributed by atoms with Gasteiger partial charge in [0, 0.05) is 5.92 Å². The van der Waals surface area contributed by atoms with E-state index in [0.717, 1.165) is 12.8 Å². The summed E-state index contributed by atoms with van der Waals surface area (Å²) in [6.45, 7) is 3.40. The van der Waals surface area contributed by atoms with Crippen LogP contribution >= 0.6 is 0 Å². The third kappa shape index (κ3) is 3.33. The predicted molar refractivity (Wildman–Crippen MR) is 63.3 cm³/mol. The minimum absolute atomic E-state index is 0.191. The standard InChI is InChI=1S/C11H19NO3S/c1-3-9(2)16(14,15)12-11(13)10-7-5-4-6-8-10/h4-5,9-10H,3,6-8H2,1-2H3,(H,12,13)/t9-,10-/m1/s1. The quantitative estimate of drug-likeness (QED) is 0.765. The number of hydrogen-bond donors (Lipinski definition) is 1. The third-order valence-electron chi connectivity index (χ3n) is 2.99. The molecule has 0 unspecified atom stereocenters. The van der Waals surface area contributed by atoms with Crippen molar-refractivity contribution in [3.05, 3.63) is 12.2 Å². The number of carbonyl (C=O) groups excluding carboxylic acids is 1. The zero-order chi connectivity index (χ0) is 12.2. The summed E-state index contributed by atoms with van der Waals surface area (Å²) in [6, 6.07) is 0. The monoisotopic (exact) mass is 245 g/mol. The SMILES string of the molecule is CC[C@@H](C)S(=O)(=O)NC(=O)[C@@H]1CC=CCC1. The molecule has 0 aromatic carbocycles. The Hall–Kier alpha value is -0.840. The molecule has 0 bridgehead atoms. The summed E-state index contributed by atoms with van der Waals surface area (Å²) in [4.78, 5) is 11.7. The van der Waals surface area contributed by atoms with Crippen molar-refractivity contribution in [3.8, 4) is 0 Å². The van der Waals surface area contributed by atoms with E-state index in [1.54, 1.807) is 13.8 Å². The van der Waals surface area contributed by atoms with E-state index in [4.69, 9.17) is 0 Å². The van der Waals surface area contributed by atoms with Crippen LogP contribution in [0.15, 0.2) is 12.2 Å². The number of sulfonamides is 1. The molecular formula is C11H19NO3S. The van der Waals surface area contributed by atoms with Gasteiger partial charge >= 0.3 is 0 Å². The summed E-state index contributed by atoms with van der Waals surface area (Å²) in [7, 11) is -3.48. The topological polar surface area (TPSA) is 63.2 Å². The summed E-state index contributed by atoms with van der Waals surface area (Å²) in [6.07, 6.45) is 6.69. The van der Waals surface area contributed by atoms with E-state index in [9.17, 15) is 13.2 Å². The fourth-order valence-electron chi connectivity index (χ4n) is 1.58. The van der Waals surface area contributed by atoms with Crippen LogP contribution in [-0.4, -0.2) is 19.6 Å². The van der Waals surface area contributed by atoms with Gasteiger partial charge in [-0.15, -0.1) is 0 Å². The lowest BCUT2D eigenvalue weighted by Gasteiger charge is -2.18. The minimum Gasteiger partial charge on any atom is -0.274 e. The van der Waals surface area contributed by atoms with Gasteiger partial charge in [-0.05, 0) is 32.6 Å². The van der Waals surface area contributed by atoms with Gasteiger partial charge in [0.05, 0.1) is 5.25 Å². The molecular weight excluding hydrogens is 226 g/mol. The first kappa shape index (κ1) is 13.2. The number of nitrogens with one attached hydrogen (secondary N) is 1. The van der Waals surface area contributed by atoms with Crippen LogP contribution in [-0.2, 0) is 14.8 Å². The van der Waals surface area contributed by atoms with E-state index >= 15 is 0 Å². The molecule has 16 heavy (non-hydrogen) atoms. The fraction of sp³-hybridized carbons (Fsp3) is 0.727. The van der Waals surface area contributed by atoms with Crippen LogP contribution < -0.4 is 4.72 Å². The van der Waals surface area contributed by atoms with Crippen molar-refractivity contribution in [2.45, 2.75) is 44.8 Å². The van der Waals surface area contributed by atoms with Gasteiger partial charge in [-0.25, -0.2) is 8.42 Å². The molecule has 1 amide bonds. The molecule has 1 aliphatic carbocycles. The Morgan fingerprint density at radius 2 is 2.19 bits per heavy atom. The first-order valence-corrected chi connectivity index (χ1v) is 7.22. The van der Waals surface area contributed by atoms with Gasteiger partial charge in [0.1, 0.15) is 0 Å². The van der Waals surface area contributed by atoms with Gasteiger partial charge in [0.15, 0.2) is 0 Å². The lowest BCUT2D eigenvalue weighted by Crippen LogP contribution is -2.40. The Morgan fingerprint density at radius 1 is 1.50 bits per heavy atom. The maximum atomic E-state index is 11.7. The molecule has 2 atom stereocenters. The van der Waals surface area contributed by atoms with Crippen molar-refractivity contribution in [2.24, 2.45) is 5.92 Å². The second-order valence-electron chi connectivity index (χ2n) is 4.21. The molecule has 0 spiro atoms. The zero-order valence-corrected chi connectivity index (χ0v) is 10.6. The van der Waals surface area contributed by atoms with E-state index in [2.05, 4.69) is 4.72 Å². The minimum atomic E-state index is -3.48. The predicted octanol–water partition coefficient (Wildman–Crippen LogP) is 1.59. The number of hydrogen-bond acceptors (Lipinski definition) is 3. The fourth-order valence-corrected chi connectivity index (χ4v) is 2.66. The third-order valence-corrected chi connectivity index (χ3v) is 4.87. The summed E-state index contributed by atoms with van der Waals surface area (Å²) >= 11 is 0. The van der Waals surface area contributed by atoms with Gasteiger partial charge in [0.25, 0.3) is 0 Å². The average molecular weight is 245 g/mol. The zero-order valence-electron chi connectivity index (χ0n) is 9.77. The number of carbonyl (C=O) groups is 1. The molecule has 1 aliphatic rings. The second-order valence-corrected chi connectivity index (χ2v) is 6.31. The highest BCUT2D eigenvalue weighted by molar-refractivity contribution is 7.90. The molecule has 4 nitrogen and oxygen atoms in total. The first-order valence-electron chi connectivity index (χ1n) is 5.67. The summed E-state index contributed by atoms with van der Waals surface area (Å²) in [5.41, 5.74) is 0. The Morgan fingerprint density at radius 3 is 2.69 bits per heavy atom. The van der Waals surface area contributed by atoms with Crippen molar-refractivity contribution in [3.63, 3.8) is 0 Å². The molecule has 0 aliphatic heterocycles. The summed E-state index contributed by atoms with van der Waals surface area (Å²) in [5, 5.41) is -0.518. The maximum absolute atomic E-state index is 11.7. The van der Waals surface area contributed by atoms with E-state index in [1.807, 2.05) is 12.2 Å². The van der Waals surface area contributed by atoms with Crippen LogP contribution in [0.4, 0.5) is 0 Å². The van der Waals surface area contributed by atoms with Crippen LogP contribution in [0.2, 0.25) is 0 Å². The van der Waals surface area contributed by atoms with E-state index in [0.29, 0.717) is 12.8 Å². The number of amides is 1. The maximum Gasteiger partial charge on any atom is 0.237 e. The summed E-state index contributed by atoms with van der Waals surface area (Å²) in [5.74, 6) is -0.548. The highest BCUT2D eigenvalue weighted by Gasteiger charge is 2.26. The molecule has 1 N–H and O–H groups in total. The van der Waals surface area contributed by atoms with E-state index < -0.39 is 15.3 Å². The lowest BCUT2D eigenvalue weighted by molar-refractivity contribution is -0.123. The van der Waals surface area contributed by atoms with Crippen LogP contribution in [0.1, 0.15) is 39.5 Å². The Labute approximate surface area is 97.2 Å². The van der Waals surface area contributed by atoms with E-state index in [-0.39, 0.29) is 11.8 Å². The first-order chi connectivity index (χ1) is 7.47. The van der Waals surface area contributed by atoms with Gasteiger partial charge in [-0.3, -0.25) is 9.52 Å². The molecule has 0 heterocycles. The molecule has 92 valence electrons. The molecule has 1 rings (SSSR count). The molecule has 0 aromatic rings. The molecule has 0 aromatic heterocycles. The lowest BCUT2D eigenvalue weighted by atomic mass is 9.94. The number of rotatable bonds is 4. The normalized spacial score (nSPS) is 22.8. The van der Waals surface area contributed by atoms with Crippen LogP contribution in [0.5, 0.6) is 0 Å². The molecule has 0 saturated carbocycles. The van der Waals surface area contributed by atoms with E-state index in [1.165, 1.54) is 0 Å². The largest absolute Gasteiger partial charge is 0.274 e. The Balaban J connectivity index is 2.60. The highest BCUT2D eigenvalue weighted by Crippen LogP contribution is 2.18. The van der Waals surface area contributed by atoms with Crippen LogP contribution in [0.3, 0.4) is 0 Å². The molecule has 0 radical (unpaired) electrons. The van der Waals surface area contributed by atoms with Gasteiger partial charge in [0.2, 0.25) is 15.9 Å². The summed E-state index contributed by atoms with van der Waals surface area (Å²) < 4.78 is 25.5. The van der Waals surface area contributed by atoms with Crippen molar-refractivity contribution < 1.29 is 13.2 Å². The average Bonchev–Trinajstić information content (AvgIpc) is 2.28. The van der Waals surface area contributed by atoms with Gasteiger partial charge < -0.3 is 0 Å². The second kappa shape index (κ2) is 5.48. The van der Waals surface area contributed by atoms with Crippen LogP contribution in [0, 0.1) is 5.92 Å². The number of allylic oxidation sites excluding steroid dienone is 2. The molecule has 5 heteroatoms. The van der Waals surface area contributed by atoms with Crippen LogP contribution in [0.25, 0.3) is 0 Å². The van der Waals surface area contributed by atoms with Gasteiger partial charge in [-0.2, -0.15) is 0 Å². The molecule has 0 fully saturated rings. The van der Waals surface area contributed by atoms with Crippen molar-refractivity contribution in [2.75, 3.05) is 0 Å². The molecule has 0 saturated heterocycles. The van der Waals surface area contributed by atoms with Crippen molar-refractivity contribution in [1.29, 1.82) is 0 Å². The van der Waals surface area contributed by atoms with Crippen molar-refractivity contribution in [1.82, 2.24) is 4.72 Å². The highest BCUT2D eigenvalue weighted by atomic mass is 32.2. The van der Waals surface area contributed by atoms with Crippen molar-refractivity contribution >= 4 is 15.9 Å². The smallest absolute Gasteiger partial charge is 0.237 e. The Kier molecular flexibility index (Phi) is 4.53. The Bertz CT molecular complexity index is 373. The van der Waals surface area contributed by atoms with Gasteiger partial charge in [-0.1, -0.05) is 19.1 Å².